The Morgan fingerprint density at radius 3 is 2.59 bits per heavy atom. The summed E-state index contributed by atoms with van der Waals surface area (Å²) in [6, 6.07) is 3.29. The lowest BCUT2D eigenvalue weighted by molar-refractivity contribution is 0.0506. The molecule has 0 aliphatic carbocycles. The molecular weight excluding hydrogens is 564 g/mol. The molecule has 0 aliphatic heterocycles. The average molecular weight is 589 g/mol. The van der Waals surface area contributed by atoms with Crippen molar-refractivity contribution in [3.63, 3.8) is 0 Å². The second-order valence-electron chi connectivity index (χ2n) is 7.88. The molecule has 194 valence electrons. The zero-order chi connectivity index (χ0) is 26.7. The number of aromatic nitrogens is 5. The average Bonchev–Trinajstić information content (AvgIpc) is 3.57. The third kappa shape index (κ3) is 5.27. The second-order valence-corrected chi connectivity index (χ2v) is 9.76. The number of ether oxygens (including phenoxy) is 2. The Labute approximate surface area is 224 Å². The van der Waals surface area contributed by atoms with Crippen LogP contribution in [0.1, 0.15) is 63.3 Å². The van der Waals surface area contributed by atoms with Gasteiger partial charge >= 0.3 is 11.9 Å². The molecule has 0 aliphatic rings. The molecule has 0 unspecified atom stereocenters. The van der Waals surface area contributed by atoms with Crippen LogP contribution in [-0.2, 0) is 16.0 Å². The molecule has 1 N–H and O–H groups in total. The van der Waals surface area contributed by atoms with Crippen molar-refractivity contribution >= 4 is 55.8 Å². The summed E-state index contributed by atoms with van der Waals surface area (Å²) in [5, 5.41) is 11.9. The van der Waals surface area contributed by atoms with E-state index >= 15 is 0 Å². The Balaban J connectivity index is 1.70. The van der Waals surface area contributed by atoms with E-state index < -0.39 is 17.8 Å². The molecule has 1 amide bonds. The summed E-state index contributed by atoms with van der Waals surface area (Å²) in [4.78, 5) is 43.0. The summed E-state index contributed by atoms with van der Waals surface area (Å²) >= 11 is 4.48. The zero-order valence-electron chi connectivity index (χ0n) is 20.7. The van der Waals surface area contributed by atoms with Crippen LogP contribution >= 0.6 is 27.3 Å². The van der Waals surface area contributed by atoms with Gasteiger partial charge in [0.1, 0.15) is 15.6 Å². The summed E-state index contributed by atoms with van der Waals surface area (Å²) in [5.74, 6) is -1.78. The second kappa shape index (κ2) is 11.2. The topological polar surface area (TPSA) is 130 Å². The first-order valence-corrected chi connectivity index (χ1v) is 13.3. The SMILES string of the molecule is CCCOC(=O)c1c(NC(=O)c2cc3nccc(-c4nn(CC)cc4Br)n3n2)sc(C(=O)OCC)c1C. The number of fused-ring (bicyclic) bond motifs is 1. The summed E-state index contributed by atoms with van der Waals surface area (Å²) in [7, 11) is 0. The van der Waals surface area contributed by atoms with E-state index in [2.05, 4.69) is 36.4 Å². The standard InChI is InChI=1S/C24H25BrN6O5S/c1-5-10-36-23(33)18-13(4)20(24(34)35-7-3)37-22(18)27-21(32)15-11-17-26-9-8-16(31(17)28-15)19-14(25)12-30(6-2)29-19/h8-9,11-12H,5-7,10H2,1-4H3,(H,27,32). The van der Waals surface area contributed by atoms with Gasteiger partial charge in [-0.05, 0) is 54.8 Å². The lowest BCUT2D eigenvalue weighted by Crippen LogP contribution is -2.15. The Kier molecular flexibility index (Phi) is 8.03. The number of thiophene rings is 1. The largest absolute Gasteiger partial charge is 0.462 e. The molecular formula is C24H25BrN6O5S. The Morgan fingerprint density at radius 2 is 1.92 bits per heavy atom. The van der Waals surface area contributed by atoms with Gasteiger partial charge in [0.25, 0.3) is 5.91 Å². The molecule has 0 bridgehead atoms. The summed E-state index contributed by atoms with van der Waals surface area (Å²) in [6.07, 6.45) is 4.10. The third-order valence-corrected chi connectivity index (χ3v) is 7.12. The molecule has 4 rings (SSSR count). The quantitative estimate of drug-likeness (QED) is 0.277. The minimum Gasteiger partial charge on any atom is -0.462 e. The first kappa shape index (κ1) is 26.5. The molecule has 37 heavy (non-hydrogen) atoms. The molecule has 13 heteroatoms. The first-order chi connectivity index (χ1) is 17.8. The molecule has 0 spiro atoms. The number of carbonyl (C=O) groups is 3. The summed E-state index contributed by atoms with van der Waals surface area (Å²) < 4.78 is 14.5. The number of nitrogens with zero attached hydrogens (tertiary/aromatic N) is 5. The van der Waals surface area contributed by atoms with Crippen LogP contribution in [0.25, 0.3) is 17.0 Å². The van der Waals surface area contributed by atoms with Crippen LogP contribution in [0.4, 0.5) is 5.00 Å². The molecule has 0 saturated carbocycles. The van der Waals surface area contributed by atoms with Crippen LogP contribution in [0.2, 0.25) is 0 Å². The molecule has 0 aromatic carbocycles. The van der Waals surface area contributed by atoms with E-state index in [0.717, 1.165) is 15.8 Å². The normalized spacial score (nSPS) is 11.1. The van der Waals surface area contributed by atoms with Crippen molar-refractivity contribution in [2.45, 2.75) is 40.7 Å². The highest BCUT2D eigenvalue weighted by molar-refractivity contribution is 9.10. The maximum atomic E-state index is 13.2. The van der Waals surface area contributed by atoms with Crippen LogP contribution < -0.4 is 5.32 Å². The van der Waals surface area contributed by atoms with Crippen molar-refractivity contribution in [3.05, 3.63) is 50.7 Å². The number of hydrogen-bond donors (Lipinski definition) is 1. The van der Waals surface area contributed by atoms with Gasteiger partial charge in [-0.15, -0.1) is 11.3 Å². The Morgan fingerprint density at radius 1 is 1.14 bits per heavy atom. The summed E-state index contributed by atoms with van der Waals surface area (Å²) in [6.45, 7) is 8.24. The molecule has 4 aromatic rings. The number of amides is 1. The number of rotatable bonds is 9. The number of esters is 2. The number of aryl methyl sites for hydroxylation is 1. The fourth-order valence-corrected chi connectivity index (χ4v) is 5.19. The third-order valence-electron chi connectivity index (χ3n) is 5.35. The minimum absolute atomic E-state index is 0.0719. The number of halogens is 1. The smallest absolute Gasteiger partial charge is 0.348 e. The van der Waals surface area contributed by atoms with Gasteiger partial charge in [-0.25, -0.2) is 19.1 Å². The summed E-state index contributed by atoms with van der Waals surface area (Å²) in [5.41, 5.74) is 2.31. The van der Waals surface area contributed by atoms with Crippen LogP contribution in [0.3, 0.4) is 0 Å². The molecule has 0 fully saturated rings. The van der Waals surface area contributed by atoms with Gasteiger partial charge in [0, 0.05) is 25.0 Å². The lowest BCUT2D eigenvalue weighted by atomic mass is 10.1. The van der Waals surface area contributed by atoms with Gasteiger partial charge in [-0.1, -0.05) is 6.92 Å². The van der Waals surface area contributed by atoms with E-state index in [1.54, 1.807) is 30.8 Å². The van der Waals surface area contributed by atoms with E-state index in [1.165, 1.54) is 10.6 Å². The molecule has 4 heterocycles. The van der Waals surface area contributed by atoms with Gasteiger partial charge in [-0.2, -0.15) is 10.2 Å². The monoisotopic (exact) mass is 588 g/mol. The fourth-order valence-electron chi connectivity index (χ4n) is 3.59. The van der Waals surface area contributed by atoms with E-state index in [0.29, 0.717) is 35.6 Å². The Hall–Kier alpha value is -3.58. The van der Waals surface area contributed by atoms with Crippen molar-refractivity contribution in [2.75, 3.05) is 18.5 Å². The van der Waals surface area contributed by atoms with E-state index in [9.17, 15) is 14.4 Å². The van der Waals surface area contributed by atoms with Crippen molar-refractivity contribution in [3.8, 4) is 11.4 Å². The molecule has 0 saturated heterocycles. The van der Waals surface area contributed by atoms with Gasteiger partial charge in [0.05, 0.1) is 28.9 Å². The highest BCUT2D eigenvalue weighted by Crippen LogP contribution is 2.35. The highest BCUT2D eigenvalue weighted by atomic mass is 79.9. The van der Waals surface area contributed by atoms with Crippen LogP contribution in [-0.4, -0.2) is 55.4 Å². The Bertz CT molecular complexity index is 1490. The van der Waals surface area contributed by atoms with Crippen LogP contribution in [0, 0.1) is 6.92 Å². The number of anilines is 1. The lowest BCUT2D eigenvalue weighted by Gasteiger charge is -2.07. The molecule has 0 atom stereocenters. The minimum atomic E-state index is -0.628. The van der Waals surface area contributed by atoms with Gasteiger partial charge in [0.15, 0.2) is 11.3 Å². The van der Waals surface area contributed by atoms with Crippen LogP contribution in [0.5, 0.6) is 0 Å². The predicted octanol–water partition coefficient (Wildman–Crippen LogP) is 4.74. The first-order valence-electron chi connectivity index (χ1n) is 11.7. The van der Waals surface area contributed by atoms with E-state index in [-0.39, 0.29) is 34.3 Å². The maximum absolute atomic E-state index is 13.2. The number of nitrogens with one attached hydrogen (secondary N) is 1. The van der Waals surface area contributed by atoms with Crippen molar-refractivity contribution in [1.82, 2.24) is 24.4 Å². The number of carbonyl (C=O) groups excluding carboxylic acids is 3. The molecule has 11 nitrogen and oxygen atoms in total. The molecule has 0 radical (unpaired) electrons. The van der Waals surface area contributed by atoms with E-state index in [1.807, 2.05) is 20.0 Å². The van der Waals surface area contributed by atoms with Crippen molar-refractivity contribution in [1.29, 1.82) is 0 Å². The van der Waals surface area contributed by atoms with E-state index in [4.69, 9.17) is 9.47 Å². The molecule has 4 aromatic heterocycles. The highest BCUT2D eigenvalue weighted by Gasteiger charge is 2.28. The number of hydrogen-bond acceptors (Lipinski definition) is 9. The fraction of sp³-hybridized carbons (Fsp3) is 0.333. The van der Waals surface area contributed by atoms with Gasteiger partial charge < -0.3 is 14.8 Å². The zero-order valence-corrected chi connectivity index (χ0v) is 23.1. The van der Waals surface area contributed by atoms with Gasteiger partial charge in [0.2, 0.25) is 0 Å². The van der Waals surface area contributed by atoms with Crippen molar-refractivity contribution in [2.24, 2.45) is 0 Å². The van der Waals surface area contributed by atoms with Gasteiger partial charge in [-0.3, -0.25) is 9.48 Å². The van der Waals surface area contributed by atoms with Crippen LogP contribution in [0.15, 0.2) is 29.0 Å². The predicted molar refractivity (Wildman–Crippen MR) is 141 cm³/mol. The van der Waals surface area contributed by atoms with Crippen molar-refractivity contribution < 1.29 is 23.9 Å². The maximum Gasteiger partial charge on any atom is 0.348 e.